The van der Waals surface area contributed by atoms with Crippen LogP contribution in [0.25, 0.3) is 0 Å². The van der Waals surface area contributed by atoms with Gasteiger partial charge in [0.05, 0.1) is 5.25 Å². The summed E-state index contributed by atoms with van der Waals surface area (Å²) in [5.41, 5.74) is 7.40. The molecule has 0 spiro atoms. The lowest BCUT2D eigenvalue weighted by atomic mass is 9.81. The van der Waals surface area contributed by atoms with E-state index in [1.54, 1.807) is 0 Å². The van der Waals surface area contributed by atoms with Crippen LogP contribution < -0.4 is 5.73 Å². The molecule has 0 heterocycles. The van der Waals surface area contributed by atoms with Crippen LogP contribution in [0.1, 0.15) is 37.3 Å². The third kappa shape index (κ3) is 3.80. The molecule has 2 rings (SSSR count). The molecule has 19 heavy (non-hydrogen) atoms. The number of hydrogen-bond acceptors (Lipinski definition) is 3. The summed E-state index contributed by atoms with van der Waals surface area (Å²) in [6.45, 7) is 0. The molecular weight excluding hydrogens is 326 g/mol. The summed E-state index contributed by atoms with van der Waals surface area (Å²) >= 11 is 3.41. The van der Waals surface area contributed by atoms with Gasteiger partial charge in [0.15, 0.2) is 0 Å². The highest BCUT2D eigenvalue weighted by atomic mass is 79.9. The van der Waals surface area contributed by atoms with Crippen LogP contribution in [-0.4, -0.2) is 19.9 Å². The van der Waals surface area contributed by atoms with E-state index in [2.05, 4.69) is 15.9 Å². The highest BCUT2D eigenvalue weighted by molar-refractivity contribution is 9.10. The van der Waals surface area contributed by atoms with E-state index in [-0.39, 0.29) is 17.2 Å². The van der Waals surface area contributed by atoms with Crippen molar-refractivity contribution in [1.82, 2.24) is 0 Å². The van der Waals surface area contributed by atoms with E-state index < -0.39 is 9.84 Å². The first-order chi connectivity index (χ1) is 8.88. The molecule has 2 N–H and O–H groups in total. The predicted octanol–water partition coefficient (Wildman–Crippen LogP) is 3.05. The van der Waals surface area contributed by atoms with Crippen molar-refractivity contribution in [2.45, 2.75) is 37.0 Å². The van der Waals surface area contributed by atoms with Gasteiger partial charge in [0.2, 0.25) is 0 Å². The van der Waals surface area contributed by atoms with E-state index in [0.29, 0.717) is 6.42 Å². The molecule has 1 saturated carbocycles. The first-order valence-electron chi connectivity index (χ1n) is 6.58. The maximum absolute atomic E-state index is 11.7. The molecule has 0 amide bonds. The lowest BCUT2D eigenvalue weighted by Gasteiger charge is -2.32. The van der Waals surface area contributed by atoms with Crippen molar-refractivity contribution in [3.8, 4) is 0 Å². The number of sulfone groups is 1. The van der Waals surface area contributed by atoms with Gasteiger partial charge in [0.1, 0.15) is 9.84 Å². The van der Waals surface area contributed by atoms with E-state index in [0.717, 1.165) is 29.3 Å². The third-order valence-electron chi connectivity index (χ3n) is 4.03. The molecule has 0 bridgehead atoms. The number of benzene rings is 1. The topological polar surface area (TPSA) is 60.2 Å². The molecular formula is C14H20BrNO2S. The maximum Gasteiger partial charge on any atom is 0.150 e. The Balaban J connectivity index is 2.11. The Kier molecular flexibility index (Phi) is 4.69. The zero-order valence-corrected chi connectivity index (χ0v) is 13.5. The second-order valence-electron chi connectivity index (χ2n) is 5.46. The van der Waals surface area contributed by atoms with Gasteiger partial charge in [-0.2, -0.15) is 0 Å². The van der Waals surface area contributed by atoms with Gasteiger partial charge in [0.25, 0.3) is 0 Å². The summed E-state index contributed by atoms with van der Waals surface area (Å²) in [5, 5.41) is -0.215. The van der Waals surface area contributed by atoms with Crippen molar-refractivity contribution in [3.63, 3.8) is 0 Å². The highest BCUT2D eigenvalue weighted by Crippen LogP contribution is 2.35. The van der Waals surface area contributed by atoms with Crippen LogP contribution in [0.3, 0.4) is 0 Å². The smallest absolute Gasteiger partial charge is 0.150 e. The summed E-state index contributed by atoms with van der Waals surface area (Å²) in [6, 6.07) is 7.91. The van der Waals surface area contributed by atoms with Crippen LogP contribution in [0, 0.1) is 5.92 Å². The molecule has 106 valence electrons. The largest absolute Gasteiger partial charge is 0.324 e. The van der Waals surface area contributed by atoms with Crippen molar-refractivity contribution in [2.75, 3.05) is 6.26 Å². The van der Waals surface area contributed by atoms with Gasteiger partial charge in [-0.1, -0.05) is 34.5 Å². The first kappa shape index (κ1) is 15.0. The quantitative estimate of drug-likeness (QED) is 0.915. The van der Waals surface area contributed by atoms with E-state index >= 15 is 0 Å². The molecule has 1 aliphatic carbocycles. The molecule has 1 fully saturated rings. The maximum atomic E-state index is 11.7. The number of hydrogen-bond donors (Lipinski definition) is 1. The Morgan fingerprint density at radius 3 is 2.47 bits per heavy atom. The fraction of sp³-hybridized carbons (Fsp3) is 0.571. The summed E-state index contributed by atoms with van der Waals surface area (Å²) < 4.78 is 24.4. The number of rotatable bonds is 3. The monoisotopic (exact) mass is 345 g/mol. The SMILES string of the molecule is CS(=O)(=O)C1CCCC(C(N)c2ccc(Br)cc2)C1. The molecule has 1 aromatic carbocycles. The van der Waals surface area contributed by atoms with Crippen molar-refractivity contribution in [1.29, 1.82) is 0 Å². The minimum Gasteiger partial charge on any atom is -0.324 e. The Labute approximate surface area is 123 Å². The van der Waals surface area contributed by atoms with Crippen molar-refractivity contribution in [2.24, 2.45) is 11.7 Å². The number of nitrogens with two attached hydrogens (primary N) is 1. The van der Waals surface area contributed by atoms with Crippen LogP contribution in [0.15, 0.2) is 28.7 Å². The minimum absolute atomic E-state index is 0.0716. The second kappa shape index (κ2) is 5.94. The molecule has 0 radical (unpaired) electrons. The Bertz CT molecular complexity index is 527. The van der Waals surface area contributed by atoms with Gasteiger partial charge in [-0.15, -0.1) is 0 Å². The Morgan fingerprint density at radius 1 is 1.26 bits per heavy atom. The van der Waals surface area contributed by atoms with Crippen molar-refractivity contribution < 1.29 is 8.42 Å². The molecule has 0 aromatic heterocycles. The summed E-state index contributed by atoms with van der Waals surface area (Å²) in [7, 11) is -2.94. The molecule has 3 atom stereocenters. The van der Waals surface area contributed by atoms with E-state index in [4.69, 9.17) is 5.73 Å². The average molecular weight is 346 g/mol. The van der Waals surface area contributed by atoms with Gasteiger partial charge in [0, 0.05) is 16.8 Å². The molecule has 5 heteroatoms. The first-order valence-corrected chi connectivity index (χ1v) is 9.32. The van der Waals surface area contributed by atoms with Crippen LogP contribution in [0.4, 0.5) is 0 Å². The Hall–Kier alpha value is -0.390. The molecule has 1 aromatic rings. The van der Waals surface area contributed by atoms with E-state index in [9.17, 15) is 8.42 Å². The fourth-order valence-electron chi connectivity index (χ4n) is 2.85. The standard InChI is InChI=1S/C14H20BrNO2S/c1-19(17,18)13-4-2-3-11(9-13)14(16)10-5-7-12(15)8-6-10/h5-8,11,13-14H,2-4,9,16H2,1H3. The zero-order chi connectivity index (χ0) is 14.0. The van der Waals surface area contributed by atoms with E-state index in [1.807, 2.05) is 24.3 Å². The minimum atomic E-state index is -2.94. The van der Waals surface area contributed by atoms with E-state index in [1.165, 1.54) is 6.26 Å². The molecule has 1 aliphatic rings. The molecule has 0 aliphatic heterocycles. The lowest BCUT2D eigenvalue weighted by Crippen LogP contribution is -2.32. The van der Waals surface area contributed by atoms with Crippen molar-refractivity contribution >= 4 is 25.8 Å². The van der Waals surface area contributed by atoms with Crippen molar-refractivity contribution in [3.05, 3.63) is 34.3 Å². The normalized spacial score (nSPS) is 26.1. The highest BCUT2D eigenvalue weighted by Gasteiger charge is 2.32. The van der Waals surface area contributed by atoms with Gasteiger partial charge < -0.3 is 5.73 Å². The third-order valence-corrected chi connectivity index (χ3v) is 6.20. The molecule has 3 unspecified atom stereocenters. The molecule has 0 saturated heterocycles. The zero-order valence-electron chi connectivity index (χ0n) is 11.0. The summed E-state index contributed by atoms with van der Waals surface area (Å²) in [5.74, 6) is 0.259. The molecule has 3 nitrogen and oxygen atoms in total. The number of halogens is 1. The van der Waals surface area contributed by atoms with Gasteiger partial charge in [-0.05, 0) is 42.9 Å². The second-order valence-corrected chi connectivity index (χ2v) is 8.70. The summed E-state index contributed by atoms with van der Waals surface area (Å²) in [4.78, 5) is 0. The van der Waals surface area contributed by atoms with Crippen LogP contribution in [0.5, 0.6) is 0 Å². The summed E-state index contributed by atoms with van der Waals surface area (Å²) in [6.07, 6.45) is 4.78. The van der Waals surface area contributed by atoms with Gasteiger partial charge in [-0.3, -0.25) is 0 Å². The van der Waals surface area contributed by atoms with Crippen LogP contribution >= 0.6 is 15.9 Å². The lowest BCUT2D eigenvalue weighted by molar-refractivity contribution is 0.309. The van der Waals surface area contributed by atoms with Gasteiger partial charge >= 0.3 is 0 Å². The average Bonchev–Trinajstić information content (AvgIpc) is 2.38. The van der Waals surface area contributed by atoms with Gasteiger partial charge in [-0.25, -0.2) is 8.42 Å². The van der Waals surface area contributed by atoms with Crippen LogP contribution in [-0.2, 0) is 9.84 Å². The Morgan fingerprint density at radius 2 is 1.89 bits per heavy atom. The predicted molar refractivity (Wildman–Crippen MR) is 81.7 cm³/mol. The fourth-order valence-corrected chi connectivity index (χ4v) is 4.31. The van der Waals surface area contributed by atoms with Crippen LogP contribution in [0.2, 0.25) is 0 Å².